The van der Waals surface area contributed by atoms with Gasteiger partial charge in [-0.05, 0) is 72.6 Å². The van der Waals surface area contributed by atoms with Crippen LogP contribution < -0.4 is 9.21 Å². The van der Waals surface area contributed by atoms with E-state index in [-0.39, 0.29) is 17.2 Å². The van der Waals surface area contributed by atoms with E-state index in [1.807, 2.05) is 47.8 Å². The van der Waals surface area contributed by atoms with E-state index in [0.717, 1.165) is 16.6 Å². The predicted molar refractivity (Wildman–Crippen MR) is 116 cm³/mol. The lowest BCUT2D eigenvalue weighted by atomic mass is 10.1. The van der Waals surface area contributed by atoms with Crippen LogP contribution in [0.25, 0.3) is 0 Å². The Hall–Kier alpha value is -3.01. The van der Waals surface area contributed by atoms with Crippen LogP contribution in [0.15, 0.2) is 71.6 Å². The predicted octanol–water partition coefficient (Wildman–Crippen LogP) is 5.77. The highest BCUT2D eigenvalue weighted by Crippen LogP contribution is 2.29. The van der Waals surface area contributed by atoms with Crippen LogP contribution in [0.5, 0.6) is 0 Å². The fourth-order valence-electron chi connectivity index (χ4n) is 2.70. The lowest BCUT2D eigenvalue weighted by Gasteiger charge is -2.20. The number of nitrogens with zero attached hydrogens (tertiary/aromatic N) is 3. The molecule has 0 aliphatic rings. The summed E-state index contributed by atoms with van der Waals surface area (Å²) in [7, 11) is 3.42. The van der Waals surface area contributed by atoms with Gasteiger partial charge in [0.15, 0.2) is 0 Å². The Morgan fingerprint density at radius 1 is 1.07 bits per heavy atom. The maximum atomic E-state index is 14.3. The zero-order valence-corrected chi connectivity index (χ0v) is 17.3. The molecule has 0 aromatic heterocycles. The van der Waals surface area contributed by atoms with Crippen molar-refractivity contribution in [3.63, 3.8) is 0 Å². The molecule has 0 fully saturated rings. The SMILES string of the molecule is CN(Sc1cccc(C(=O)N(C)c2ccc(C#N)cc2F)c1)c1ccc(Cl)cc1. The van der Waals surface area contributed by atoms with Crippen molar-refractivity contribution in [2.45, 2.75) is 4.90 Å². The van der Waals surface area contributed by atoms with Crippen LogP contribution in [0, 0.1) is 17.1 Å². The molecular weight excluding hydrogens is 409 g/mol. The van der Waals surface area contributed by atoms with Crippen LogP contribution in [0.1, 0.15) is 15.9 Å². The molecule has 0 unspecified atom stereocenters. The highest BCUT2D eigenvalue weighted by atomic mass is 35.5. The number of hydrogen-bond donors (Lipinski definition) is 0. The second-order valence-electron chi connectivity index (χ2n) is 6.24. The van der Waals surface area contributed by atoms with E-state index in [1.165, 1.54) is 36.0 Å². The van der Waals surface area contributed by atoms with Crippen molar-refractivity contribution in [2.24, 2.45) is 0 Å². The standard InChI is InChI=1S/C22H17ClFN3OS/c1-26(21-11-6-15(14-25)12-20(21)24)22(28)16-4-3-5-19(13-16)29-27(2)18-9-7-17(23)8-10-18/h3-13H,1-2H3. The number of nitriles is 1. The van der Waals surface area contributed by atoms with Gasteiger partial charge < -0.3 is 9.21 Å². The van der Waals surface area contributed by atoms with Crippen LogP contribution in [0.3, 0.4) is 0 Å². The van der Waals surface area contributed by atoms with Crippen LogP contribution >= 0.6 is 23.5 Å². The summed E-state index contributed by atoms with van der Waals surface area (Å²) >= 11 is 7.39. The summed E-state index contributed by atoms with van der Waals surface area (Å²) in [4.78, 5) is 15.0. The fraction of sp³-hybridized carbons (Fsp3) is 0.0909. The highest BCUT2D eigenvalue weighted by molar-refractivity contribution is 8.00. The number of anilines is 2. The Balaban J connectivity index is 1.78. The van der Waals surface area contributed by atoms with Crippen LogP contribution in [0.2, 0.25) is 5.02 Å². The van der Waals surface area contributed by atoms with Crippen molar-refractivity contribution in [3.8, 4) is 6.07 Å². The first kappa shape index (κ1) is 20.7. The lowest BCUT2D eigenvalue weighted by Crippen LogP contribution is -2.27. The van der Waals surface area contributed by atoms with E-state index in [9.17, 15) is 9.18 Å². The summed E-state index contributed by atoms with van der Waals surface area (Å²) in [6.07, 6.45) is 0. The first-order valence-electron chi connectivity index (χ1n) is 8.64. The monoisotopic (exact) mass is 425 g/mol. The first-order valence-corrected chi connectivity index (χ1v) is 9.79. The number of carbonyl (C=O) groups is 1. The summed E-state index contributed by atoms with van der Waals surface area (Å²) < 4.78 is 16.2. The number of halogens is 2. The lowest BCUT2D eigenvalue weighted by molar-refractivity contribution is 0.0992. The van der Waals surface area contributed by atoms with Gasteiger partial charge in [-0.3, -0.25) is 4.79 Å². The molecule has 0 saturated heterocycles. The van der Waals surface area contributed by atoms with Gasteiger partial charge in [-0.25, -0.2) is 4.39 Å². The van der Waals surface area contributed by atoms with E-state index in [4.69, 9.17) is 16.9 Å². The van der Waals surface area contributed by atoms with Gasteiger partial charge in [-0.1, -0.05) is 17.7 Å². The van der Waals surface area contributed by atoms with Gasteiger partial charge >= 0.3 is 0 Å². The van der Waals surface area contributed by atoms with Crippen molar-refractivity contribution in [1.82, 2.24) is 0 Å². The third-order valence-electron chi connectivity index (χ3n) is 4.26. The fourth-order valence-corrected chi connectivity index (χ4v) is 3.69. The molecule has 4 nitrogen and oxygen atoms in total. The second kappa shape index (κ2) is 8.99. The average Bonchev–Trinajstić information content (AvgIpc) is 2.73. The molecule has 0 aliphatic carbocycles. The summed E-state index contributed by atoms with van der Waals surface area (Å²) in [5.41, 5.74) is 1.72. The Morgan fingerprint density at radius 2 is 1.79 bits per heavy atom. The van der Waals surface area contributed by atoms with Gasteiger partial charge in [-0.2, -0.15) is 5.26 Å². The van der Waals surface area contributed by atoms with Gasteiger partial charge in [0, 0.05) is 35.3 Å². The molecule has 0 atom stereocenters. The minimum Gasteiger partial charge on any atom is -0.315 e. The smallest absolute Gasteiger partial charge is 0.258 e. The molecule has 0 N–H and O–H groups in total. The molecular formula is C22H17ClFN3OS. The van der Waals surface area contributed by atoms with Crippen LogP contribution in [-0.2, 0) is 0 Å². The van der Waals surface area contributed by atoms with E-state index in [1.54, 1.807) is 18.2 Å². The molecule has 0 radical (unpaired) electrons. The van der Waals surface area contributed by atoms with Gasteiger partial charge in [0.2, 0.25) is 0 Å². The molecule has 3 aromatic rings. The topological polar surface area (TPSA) is 47.3 Å². The van der Waals surface area contributed by atoms with Crippen molar-refractivity contribution < 1.29 is 9.18 Å². The highest BCUT2D eigenvalue weighted by Gasteiger charge is 2.18. The van der Waals surface area contributed by atoms with Gasteiger partial charge in [0.05, 0.1) is 17.3 Å². The van der Waals surface area contributed by atoms with Crippen LogP contribution in [0.4, 0.5) is 15.8 Å². The molecule has 0 spiro atoms. The summed E-state index contributed by atoms with van der Waals surface area (Å²) in [6, 6.07) is 20.5. The Bertz CT molecular complexity index is 1080. The first-order chi connectivity index (χ1) is 13.9. The van der Waals surface area contributed by atoms with Crippen molar-refractivity contribution >= 4 is 40.8 Å². The number of rotatable bonds is 5. The summed E-state index contributed by atoms with van der Waals surface area (Å²) in [5, 5.41) is 9.53. The summed E-state index contributed by atoms with van der Waals surface area (Å²) in [6.45, 7) is 0. The van der Waals surface area contributed by atoms with Gasteiger partial charge in [0.1, 0.15) is 5.82 Å². The molecule has 3 aromatic carbocycles. The average molecular weight is 426 g/mol. The van der Waals surface area contributed by atoms with E-state index < -0.39 is 5.82 Å². The number of hydrogen-bond acceptors (Lipinski definition) is 4. The number of carbonyl (C=O) groups excluding carboxylic acids is 1. The van der Waals surface area contributed by atoms with E-state index in [2.05, 4.69) is 0 Å². The van der Waals surface area contributed by atoms with E-state index >= 15 is 0 Å². The zero-order chi connectivity index (χ0) is 21.0. The molecule has 3 rings (SSSR count). The molecule has 0 bridgehead atoms. The van der Waals surface area contributed by atoms with Gasteiger partial charge in [0.25, 0.3) is 5.91 Å². The molecule has 1 amide bonds. The van der Waals surface area contributed by atoms with Crippen molar-refractivity contribution in [1.29, 1.82) is 5.26 Å². The minimum absolute atomic E-state index is 0.116. The summed E-state index contributed by atoms with van der Waals surface area (Å²) in [5.74, 6) is -0.960. The molecule has 0 aliphatic heterocycles. The number of amides is 1. The Kier molecular flexibility index (Phi) is 6.42. The van der Waals surface area contributed by atoms with Crippen molar-refractivity contribution in [3.05, 3.63) is 88.7 Å². The van der Waals surface area contributed by atoms with Crippen LogP contribution in [-0.4, -0.2) is 20.0 Å². The normalized spacial score (nSPS) is 10.3. The Labute approximate surface area is 178 Å². The molecule has 7 heteroatoms. The molecule has 29 heavy (non-hydrogen) atoms. The molecule has 146 valence electrons. The van der Waals surface area contributed by atoms with E-state index in [0.29, 0.717) is 10.6 Å². The zero-order valence-electron chi connectivity index (χ0n) is 15.8. The quantitative estimate of drug-likeness (QED) is 0.487. The second-order valence-corrected chi connectivity index (χ2v) is 7.87. The van der Waals surface area contributed by atoms with Gasteiger partial charge in [-0.15, -0.1) is 0 Å². The third kappa shape index (κ3) is 4.89. The third-order valence-corrected chi connectivity index (χ3v) is 5.46. The van der Waals surface area contributed by atoms with Crippen molar-refractivity contribution in [2.75, 3.05) is 23.3 Å². The Morgan fingerprint density at radius 3 is 2.45 bits per heavy atom. The largest absolute Gasteiger partial charge is 0.315 e. The molecule has 0 saturated carbocycles. The maximum Gasteiger partial charge on any atom is 0.258 e. The molecule has 0 heterocycles. The maximum absolute atomic E-state index is 14.3. The number of benzene rings is 3. The minimum atomic E-state index is -0.618.